The molecule has 1 N–H and O–H groups in total. The van der Waals surface area contributed by atoms with Gasteiger partial charge in [-0.25, -0.2) is 0 Å². The summed E-state index contributed by atoms with van der Waals surface area (Å²) in [5, 5.41) is 9.05. The van der Waals surface area contributed by atoms with Crippen molar-refractivity contribution in [2.45, 2.75) is 46.1 Å². The molecule has 0 saturated carbocycles. The molecule has 4 aromatic rings. The van der Waals surface area contributed by atoms with E-state index in [1.54, 1.807) is 0 Å². The fourth-order valence-corrected chi connectivity index (χ4v) is 3.80. The topological polar surface area (TPSA) is 46.9 Å². The Morgan fingerprint density at radius 3 is 2.19 bits per heavy atom. The lowest BCUT2D eigenvalue weighted by Gasteiger charge is -2.20. The molecule has 0 aliphatic carbocycles. The van der Waals surface area contributed by atoms with Crippen LogP contribution in [0.1, 0.15) is 56.5 Å². The smallest absolute Gasteiger partial charge is 0.255 e. The average molecular weight is 412 g/mol. The lowest BCUT2D eigenvalue weighted by Crippen LogP contribution is -2.23. The van der Waals surface area contributed by atoms with Crippen molar-refractivity contribution in [2.24, 2.45) is 0 Å². The van der Waals surface area contributed by atoms with E-state index in [0.29, 0.717) is 11.5 Å². The monoisotopic (exact) mass is 411 g/mol. The molecule has 31 heavy (non-hydrogen) atoms. The lowest BCUT2D eigenvalue weighted by molar-refractivity contribution is 0.102. The molecule has 0 aliphatic rings. The first-order valence-electron chi connectivity index (χ1n) is 10.7. The van der Waals surface area contributed by atoms with Crippen LogP contribution in [-0.2, 0) is 5.54 Å². The maximum absolute atomic E-state index is 13.1. The zero-order chi connectivity index (χ0) is 22.2. The van der Waals surface area contributed by atoms with Gasteiger partial charge >= 0.3 is 0 Å². The minimum absolute atomic E-state index is 0.120. The van der Waals surface area contributed by atoms with Crippen LogP contribution in [0.4, 0.5) is 5.69 Å². The van der Waals surface area contributed by atoms with Crippen LogP contribution in [0.5, 0.6) is 0 Å². The van der Waals surface area contributed by atoms with Crippen molar-refractivity contribution in [3.63, 3.8) is 0 Å². The van der Waals surface area contributed by atoms with Gasteiger partial charge in [0.2, 0.25) is 0 Å². The summed E-state index contributed by atoms with van der Waals surface area (Å²) in [6, 6.07) is 23.9. The van der Waals surface area contributed by atoms with Gasteiger partial charge in [0.15, 0.2) is 0 Å². The van der Waals surface area contributed by atoms with Crippen LogP contribution in [0.2, 0.25) is 0 Å². The quantitative estimate of drug-likeness (QED) is 0.400. The maximum atomic E-state index is 13.1. The predicted molar refractivity (Wildman–Crippen MR) is 129 cm³/mol. The molecular weight excluding hydrogens is 382 g/mol. The summed E-state index contributed by atoms with van der Waals surface area (Å²) < 4.78 is 2.04. The number of fused-ring (bicyclic) bond motifs is 1. The number of rotatable bonds is 4. The molecule has 3 aromatic carbocycles. The molecule has 0 spiro atoms. The second-order valence-corrected chi connectivity index (χ2v) is 9.23. The van der Waals surface area contributed by atoms with Gasteiger partial charge in [0.05, 0.1) is 22.1 Å². The second kappa shape index (κ2) is 8.03. The number of anilines is 1. The van der Waals surface area contributed by atoms with Crippen LogP contribution in [0.3, 0.4) is 0 Å². The molecule has 1 aromatic heterocycles. The Morgan fingerprint density at radius 2 is 1.58 bits per heavy atom. The van der Waals surface area contributed by atoms with Crippen LogP contribution in [0.15, 0.2) is 72.8 Å². The summed E-state index contributed by atoms with van der Waals surface area (Å²) >= 11 is 0. The van der Waals surface area contributed by atoms with Crippen molar-refractivity contribution >= 4 is 22.5 Å². The second-order valence-electron chi connectivity index (χ2n) is 9.23. The van der Waals surface area contributed by atoms with E-state index < -0.39 is 0 Å². The first-order valence-corrected chi connectivity index (χ1v) is 10.7. The normalized spacial score (nSPS) is 11.8. The fourth-order valence-electron chi connectivity index (χ4n) is 3.80. The van der Waals surface area contributed by atoms with Crippen molar-refractivity contribution in [3.8, 4) is 11.3 Å². The number of benzene rings is 3. The van der Waals surface area contributed by atoms with Crippen molar-refractivity contribution < 1.29 is 4.79 Å². The van der Waals surface area contributed by atoms with Gasteiger partial charge in [-0.1, -0.05) is 62.4 Å². The lowest BCUT2D eigenvalue weighted by atomic mass is 10.0. The van der Waals surface area contributed by atoms with Crippen LogP contribution in [0, 0.1) is 0 Å². The summed E-state index contributed by atoms with van der Waals surface area (Å²) in [6.07, 6.45) is 0. The van der Waals surface area contributed by atoms with Gasteiger partial charge in [0, 0.05) is 11.1 Å². The fraction of sp³-hybridized carbons (Fsp3) is 0.259. The van der Waals surface area contributed by atoms with E-state index in [9.17, 15) is 4.79 Å². The van der Waals surface area contributed by atoms with Crippen LogP contribution < -0.4 is 5.32 Å². The number of nitrogens with one attached hydrogen (secondary N) is 1. The predicted octanol–water partition coefficient (Wildman–Crippen LogP) is 6.83. The van der Waals surface area contributed by atoms with E-state index in [1.807, 2.05) is 59.3 Å². The van der Waals surface area contributed by atoms with Gasteiger partial charge < -0.3 is 5.32 Å². The highest BCUT2D eigenvalue weighted by atomic mass is 16.1. The molecule has 1 amide bonds. The molecule has 158 valence electrons. The van der Waals surface area contributed by atoms with Crippen molar-refractivity contribution in [3.05, 3.63) is 83.9 Å². The molecule has 4 nitrogen and oxygen atoms in total. The molecule has 0 saturated heterocycles. The zero-order valence-electron chi connectivity index (χ0n) is 18.8. The average Bonchev–Trinajstić information content (AvgIpc) is 3.16. The number of nitrogens with zero attached hydrogens (tertiary/aromatic N) is 2. The van der Waals surface area contributed by atoms with Crippen molar-refractivity contribution in [1.29, 1.82) is 0 Å². The zero-order valence-corrected chi connectivity index (χ0v) is 18.8. The maximum Gasteiger partial charge on any atom is 0.255 e. The Morgan fingerprint density at radius 1 is 0.903 bits per heavy atom. The number of hydrogen-bond donors (Lipinski definition) is 1. The summed E-state index contributed by atoms with van der Waals surface area (Å²) in [5.41, 5.74) is 5.34. The van der Waals surface area contributed by atoms with E-state index in [4.69, 9.17) is 5.10 Å². The Balaban J connectivity index is 1.81. The van der Waals surface area contributed by atoms with E-state index in [2.05, 4.69) is 58.1 Å². The summed E-state index contributed by atoms with van der Waals surface area (Å²) in [7, 11) is 0. The van der Waals surface area contributed by atoms with Crippen LogP contribution in [0.25, 0.3) is 22.2 Å². The van der Waals surface area contributed by atoms with E-state index >= 15 is 0 Å². The minimum atomic E-state index is -0.194. The molecule has 0 aliphatic heterocycles. The van der Waals surface area contributed by atoms with Gasteiger partial charge in [-0.2, -0.15) is 5.10 Å². The summed E-state index contributed by atoms with van der Waals surface area (Å²) in [5.74, 6) is 0.313. The summed E-state index contributed by atoms with van der Waals surface area (Å²) in [4.78, 5) is 13.1. The van der Waals surface area contributed by atoms with E-state index in [1.165, 1.54) is 5.56 Å². The van der Waals surface area contributed by atoms with Gasteiger partial charge in [0.1, 0.15) is 5.69 Å². The van der Waals surface area contributed by atoms with Crippen LogP contribution >= 0.6 is 0 Å². The molecule has 1 heterocycles. The van der Waals surface area contributed by atoms with Crippen molar-refractivity contribution in [1.82, 2.24) is 9.78 Å². The standard InChI is InChI=1S/C27H29N3O/c1-18(2)19-14-16-21(17-15-19)26(31)28-22-12-9-13-23-24(22)25(20-10-7-6-8-11-20)29-30(23)27(3,4)5/h6-18H,1-5H3,(H,28,31). The molecule has 4 heteroatoms. The molecular formula is C27H29N3O. The number of hydrogen-bond acceptors (Lipinski definition) is 2. The molecule has 0 fully saturated rings. The third kappa shape index (κ3) is 4.11. The Hall–Kier alpha value is -3.40. The highest BCUT2D eigenvalue weighted by molar-refractivity contribution is 6.11. The van der Waals surface area contributed by atoms with E-state index in [-0.39, 0.29) is 11.4 Å². The highest BCUT2D eigenvalue weighted by Crippen LogP contribution is 2.36. The first kappa shape index (κ1) is 20.9. The molecule has 0 bridgehead atoms. The van der Waals surface area contributed by atoms with Gasteiger partial charge in [-0.3, -0.25) is 9.48 Å². The highest BCUT2D eigenvalue weighted by Gasteiger charge is 2.23. The Bertz CT molecular complexity index is 1210. The van der Waals surface area contributed by atoms with Crippen molar-refractivity contribution in [2.75, 3.05) is 5.32 Å². The number of carbonyl (C=O) groups is 1. The van der Waals surface area contributed by atoms with Crippen LogP contribution in [-0.4, -0.2) is 15.7 Å². The van der Waals surface area contributed by atoms with Gasteiger partial charge in [-0.05, 0) is 56.5 Å². The van der Waals surface area contributed by atoms with E-state index in [0.717, 1.165) is 27.8 Å². The third-order valence-electron chi connectivity index (χ3n) is 5.48. The first-order chi connectivity index (χ1) is 14.8. The number of aromatic nitrogens is 2. The number of carbonyl (C=O) groups excluding carboxylic acids is 1. The number of amides is 1. The largest absolute Gasteiger partial charge is 0.321 e. The Kier molecular flexibility index (Phi) is 5.40. The SMILES string of the molecule is CC(C)c1ccc(C(=O)Nc2cccc3c2c(-c2ccccc2)nn3C(C)(C)C)cc1. The molecule has 4 rings (SSSR count). The molecule has 0 unspecified atom stereocenters. The summed E-state index contributed by atoms with van der Waals surface area (Å²) in [6.45, 7) is 10.7. The van der Waals surface area contributed by atoms with Gasteiger partial charge in [-0.15, -0.1) is 0 Å². The Labute approximate surface area is 183 Å². The molecule has 0 atom stereocenters. The molecule has 0 radical (unpaired) electrons. The minimum Gasteiger partial charge on any atom is -0.321 e. The third-order valence-corrected chi connectivity index (χ3v) is 5.48. The van der Waals surface area contributed by atoms with Gasteiger partial charge in [0.25, 0.3) is 5.91 Å².